The van der Waals surface area contributed by atoms with Gasteiger partial charge in [-0.25, -0.2) is 0 Å². The third-order valence-corrected chi connectivity index (χ3v) is 5.10. The number of carbonyl (C=O) groups is 1. The van der Waals surface area contributed by atoms with E-state index >= 15 is 0 Å². The van der Waals surface area contributed by atoms with Crippen molar-refractivity contribution in [1.29, 1.82) is 0 Å². The van der Waals surface area contributed by atoms with Gasteiger partial charge in [0.2, 0.25) is 5.91 Å². The average Bonchev–Trinajstić information content (AvgIpc) is 2.83. The highest BCUT2D eigenvalue weighted by Crippen LogP contribution is 2.26. The fraction of sp³-hybridized carbons (Fsp3) is 0.615. The number of piperidine rings is 1. The van der Waals surface area contributed by atoms with E-state index in [1.165, 1.54) is 11.3 Å². The predicted molar refractivity (Wildman–Crippen MR) is 78.9 cm³/mol. The Bertz CT molecular complexity index is 401. The first-order valence-corrected chi connectivity index (χ1v) is 8.04. The van der Waals surface area contributed by atoms with E-state index in [4.69, 9.17) is 0 Å². The molecule has 1 amide bonds. The number of halogens is 1. The maximum atomic E-state index is 12.0. The van der Waals surface area contributed by atoms with Gasteiger partial charge in [0, 0.05) is 24.0 Å². The quantitative estimate of drug-likeness (QED) is 0.919. The summed E-state index contributed by atoms with van der Waals surface area (Å²) in [6.07, 6.45) is 3.56. The summed E-state index contributed by atoms with van der Waals surface area (Å²) in [5.74, 6) is 0.233. The van der Waals surface area contributed by atoms with Gasteiger partial charge in [0.1, 0.15) is 0 Å². The van der Waals surface area contributed by atoms with Gasteiger partial charge in [0.25, 0.3) is 0 Å². The Balaban J connectivity index is 1.78. The molecule has 0 aliphatic carbocycles. The fourth-order valence-electron chi connectivity index (χ4n) is 2.16. The van der Waals surface area contributed by atoms with Crippen molar-refractivity contribution in [1.82, 2.24) is 10.2 Å². The Hall–Kier alpha value is -0.390. The molecule has 1 unspecified atom stereocenters. The number of carbonyl (C=O) groups excluding carboxylic acids is 1. The summed E-state index contributed by atoms with van der Waals surface area (Å²) < 4.78 is 1.13. The molecule has 3 nitrogen and oxygen atoms in total. The summed E-state index contributed by atoms with van der Waals surface area (Å²) in [5.41, 5.74) is 0. The minimum atomic E-state index is 0.232. The summed E-state index contributed by atoms with van der Waals surface area (Å²) >= 11 is 5.17. The van der Waals surface area contributed by atoms with Crippen LogP contribution >= 0.6 is 27.3 Å². The lowest BCUT2D eigenvalue weighted by Gasteiger charge is -2.27. The molecule has 0 bridgehead atoms. The second-order valence-electron chi connectivity index (χ2n) is 4.69. The van der Waals surface area contributed by atoms with E-state index < -0.39 is 0 Å². The van der Waals surface area contributed by atoms with Crippen LogP contribution in [0.5, 0.6) is 0 Å². The molecule has 0 saturated carbocycles. The third kappa shape index (κ3) is 3.80. The number of amides is 1. The Labute approximate surface area is 121 Å². The second kappa shape index (κ2) is 6.68. The van der Waals surface area contributed by atoms with Gasteiger partial charge >= 0.3 is 0 Å². The van der Waals surface area contributed by atoms with Gasteiger partial charge in [-0.3, -0.25) is 4.79 Å². The van der Waals surface area contributed by atoms with Crippen LogP contribution in [0.4, 0.5) is 0 Å². The van der Waals surface area contributed by atoms with Crippen LogP contribution in [0.3, 0.4) is 0 Å². The van der Waals surface area contributed by atoms with E-state index in [-0.39, 0.29) is 11.9 Å². The van der Waals surface area contributed by atoms with Crippen molar-refractivity contribution in [2.45, 2.75) is 32.2 Å². The van der Waals surface area contributed by atoms with Crippen LogP contribution in [-0.2, 0) is 4.79 Å². The minimum absolute atomic E-state index is 0.232. The van der Waals surface area contributed by atoms with Crippen LogP contribution in [0.25, 0.3) is 0 Å². The molecular weight excluding hydrogens is 312 g/mol. The fourth-order valence-corrected chi connectivity index (χ4v) is 3.61. The topological polar surface area (TPSA) is 32.3 Å². The third-order valence-electron chi connectivity index (χ3n) is 3.29. The van der Waals surface area contributed by atoms with E-state index in [1.807, 2.05) is 11.0 Å². The molecule has 2 rings (SSSR count). The van der Waals surface area contributed by atoms with Gasteiger partial charge in [-0.2, -0.15) is 0 Å². The summed E-state index contributed by atoms with van der Waals surface area (Å²) in [4.78, 5) is 15.2. The van der Waals surface area contributed by atoms with Crippen LogP contribution in [-0.4, -0.2) is 30.4 Å². The van der Waals surface area contributed by atoms with Gasteiger partial charge in [0.05, 0.1) is 10.3 Å². The van der Waals surface area contributed by atoms with Gasteiger partial charge < -0.3 is 10.2 Å². The van der Waals surface area contributed by atoms with Crippen molar-refractivity contribution in [2.75, 3.05) is 19.6 Å². The first kappa shape index (κ1) is 14.0. The molecule has 1 atom stereocenters. The van der Waals surface area contributed by atoms with Gasteiger partial charge in [-0.05, 0) is 54.2 Å². The Morgan fingerprint density at radius 2 is 2.17 bits per heavy atom. The van der Waals surface area contributed by atoms with Crippen LogP contribution < -0.4 is 5.32 Å². The predicted octanol–water partition coefficient (Wildman–Crippen LogP) is 3.17. The van der Waals surface area contributed by atoms with Gasteiger partial charge in [-0.1, -0.05) is 0 Å². The first-order chi connectivity index (χ1) is 8.66. The average molecular weight is 331 g/mol. The van der Waals surface area contributed by atoms with Crippen molar-refractivity contribution < 1.29 is 4.79 Å². The summed E-state index contributed by atoms with van der Waals surface area (Å²) in [5, 5.41) is 3.31. The molecule has 1 aliphatic heterocycles. The summed E-state index contributed by atoms with van der Waals surface area (Å²) in [6, 6.07) is 4.37. The lowest BCUT2D eigenvalue weighted by Crippen LogP contribution is -2.41. The zero-order chi connectivity index (χ0) is 13.0. The molecule has 1 aliphatic rings. The maximum Gasteiger partial charge on any atom is 0.236 e. The van der Waals surface area contributed by atoms with Crippen LogP contribution in [0.15, 0.2) is 15.9 Å². The number of hydrogen-bond acceptors (Lipinski definition) is 3. The van der Waals surface area contributed by atoms with E-state index in [9.17, 15) is 4.79 Å². The zero-order valence-electron chi connectivity index (χ0n) is 10.6. The summed E-state index contributed by atoms with van der Waals surface area (Å²) in [6.45, 7) is 4.40. The molecule has 5 heteroatoms. The van der Waals surface area contributed by atoms with Crippen LogP contribution in [0.1, 0.15) is 37.1 Å². The Morgan fingerprint density at radius 1 is 1.44 bits per heavy atom. The molecule has 18 heavy (non-hydrogen) atoms. The second-order valence-corrected chi connectivity index (χ2v) is 7.18. The van der Waals surface area contributed by atoms with Crippen molar-refractivity contribution in [3.05, 3.63) is 20.8 Å². The monoisotopic (exact) mass is 330 g/mol. The standard InChI is InChI=1S/C13H19BrN2OS/c1-10(11-5-6-12(14)18-11)15-9-13(17)16-7-3-2-4-8-16/h5-6,10,15H,2-4,7-9H2,1H3. The number of nitrogens with zero attached hydrogens (tertiary/aromatic N) is 1. The van der Waals surface area contributed by atoms with Gasteiger partial charge in [0.15, 0.2) is 0 Å². The number of nitrogens with one attached hydrogen (secondary N) is 1. The zero-order valence-corrected chi connectivity index (χ0v) is 13.0. The van der Waals surface area contributed by atoms with Crippen molar-refractivity contribution in [2.24, 2.45) is 0 Å². The summed E-state index contributed by atoms with van der Waals surface area (Å²) in [7, 11) is 0. The largest absolute Gasteiger partial charge is 0.342 e. The van der Waals surface area contributed by atoms with E-state index in [1.54, 1.807) is 11.3 Å². The maximum absolute atomic E-state index is 12.0. The number of rotatable bonds is 4. The Kier molecular flexibility index (Phi) is 5.21. The first-order valence-electron chi connectivity index (χ1n) is 6.43. The smallest absolute Gasteiger partial charge is 0.236 e. The molecule has 1 fully saturated rings. The number of likely N-dealkylation sites (tertiary alicyclic amines) is 1. The van der Waals surface area contributed by atoms with E-state index in [0.717, 1.165) is 29.7 Å². The molecular formula is C13H19BrN2OS. The minimum Gasteiger partial charge on any atom is -0.342 e. The molecule has 1 saturated heterocycles. The molecule has 100 valence electrons. The highest BCUT2D eigenvalue weighted by atomic mass is 79.9. The lowest BCUT2D eigenvalue weighted by atomic mass is 10.1. The van der Waals surface area contributed by atoms with Crippen molar-refractivity contribution in [3.8, 4) is 0 Å². The molecule has 0 spiro atoms. The van der Waals surface area contributed by atoms with E-state index in [2.05, 4.69) is 34.2 Å². The van der Waals surface area contributed by atoms with Crippen molar-refractivity contribution >= 4 is 33.2 Å². The number of hydrogen-bond donors (Lipinski definition) is 1. The normalized spacial score (nSPS) is 17.8. The van der Waals surface area contributed by atoms with E-state index in [0.29, 0.717) is 6.54 Å². The number of thiophene rings is 1. The molecule has 2 heterocycles. The van der Waals surface area contributed by atoms with Gasteiger partial charge in [-0.15, -0.1) is 11.3 Å². The molecule has 1 N–H and O–H groups in total. The molecule has 1 aromatic rings. The molecule has 1 aromatic heterocycles. The van der Waals surface area contributed by atoms with Crippen molar-refractivity contribution in [3.63, 3.8) is 0 Å². The lowest BCUT2D eigenvalue weighted by molar-refractivity contribution is -0.131. The van der Waals surface area contributed by atoms with Crippen LogP contribution in [0.2, 0.25) is 0 Å². The molecule has 0 radical (unpaired) electrons. The molecule has 0 aromatic carbocycles. The SMILES string of the molecule is CC(NCC(=O)N1CCCCC1)c1ccc(Br)s1. The highest BCUT2D eigenvalue weighted by Gasteiger charge is 2.17. The highest BCUT2D eigenvalue weighted by molar-refractivity contribution is 9.11. The van der Waals surface area contributed by atoms with Crippen LogP contribution in [0, 0.1) is 0 Å². The Morgan fingerprint density at radius 3 is 2.78 bits per heavy atom.